The zero-order valence-corrected chi connectivity index (χ0v) is 36.2. The minimum absolute atomic E-state index is 0.0185. The molecule has 0 rings (SSSR count). The molecule has 290 valence electrons. The molecule has 0 aliphatic carbocycles. The SMILES string of the molecule is CC(=O)N(C)C.CC(=O)N(C)C.CC(=O)N(C)C.CCN(C)C.CCN(C)C.CN(C)C.CN(C)C(=O)N(C)C.CN(C)CN(C)C. The fraction of sp³-hybridized carbons (Fsp3) is 0.879. The summed E-state index contributed by atoms with van der Waals surface area (Å²) in [6.07, 6.45) is 0. The second kappa shape index (κ2) is 43.5. The predicted molar refractivity (Wildman–Crippen MR) is 206 cm³/mol. The molecule has 0 spiro atoms. The highest BCUT2D eigenvalue weighted by Crippen LogP contribution is 1.83. The minimum Gasteiger partial charge on any atom is -0.349 e. The van der Waals surface area contributed by atoms with Crippen LogP contribution in [0.4, 0.5) is 4.79 Å². The van der Waals surface area contributed by atoms with Crippen LogP contribution in [-0.2, 0) is 14.4 Å². The standard InChI is InChI=1S/C5H12N2O.C5H14N2.3C4H9NO.2C4H11N.C3H9N/c1-6(2)5(8)7(3)4;1-6(2)5-7(3)4;3*1-4(6)5(2)3;2*1-4-5(2)3;1-4(2)3/h1-4H3;5H2,1-4H3;3*1-3H3;2*4H2,1-3H3;1-3H3. The van der Waals surface area contributed by atoms with E-state index < -0.39 is 0 Å². The van der Waals surface area contributed by atoms with E-state index in [9.17, 15) is 19.2 Å². The second-order valence-corrected chi connectivity index (χ2v) is 12.7. The molecule has 0 saturated carbocycles. The first-order valence-electron chi connectivity index (χ1n) is 15.5. The summed E-state index contributed by atoms with van der Waals surface area (Å²) in [5.74, 6) is 0.278. The molecule has 0 atom stereocenters. The normalized spacial score (nSPS) is 8.91. The number of rotatable bonds is 4. The third kappa shape index (κ3) is 115. The van der Waals surface area contributed by atoms with Gasteiger partial charge in [-0.2, -0.15) is 0 Å². The molecule has 14 nitrogen and oxygen atoms in total. The molecule has 0 aromatic heterocycles. The van der Waals surface area contributed by atoms with Crippen molar-refractivity contribution in [2.45, 2.75) is 34.6 Å². The Labute approximate surface area is 294 Å². The van der Waals surface area contributed by atoms with Crippen molar-refractivity contribution in [3.8, 4) is 0 Å². The molecule has 0 aliphatic heterocycles. The van der Waals surface area contributed by atoms with Gasteiger partial charge in [-0.15, -0.1) is 0 Å². The van der Waals surface area contributed by atoms with Crippen molar-refractivity contribution < 1.29 is 19.2 Å². The van der Waals surface area contributed by atoms with Crippen molar-refractivity contribution in [2.24, 2.45) is 0 Å². The lowest BCUT2D eigenvalue weighted by atomic mass is 10.7. The van der Waals surface area contributed by atoms with Crippen LogP contribution < -0.4 is 0 Å². The van der Waals surface area contributed by atoms with Gasteiger partial charge in [0.1, 0.15) is 0 Å². The van der Waals surface area contributed by atoms with E-state index in [1.165, 1.54) is 45.3 Å². The summed E-state index contributed by atoms with van der Waals surface area (Å²) >= 11 is 0. The van der Waals surface area contributed by atoms with E-state index in [0.717, 1.165) is 19.8 Å². The summed E-state index contributed by atoms with van der Waals surface area (Å²) in [5, 5.41) is 0. The van der Waals surface area contributed by atoms with Gasteiger partial charge in [0.25, 0.3) is 0 Å². The Morgan fingerprint density at radius 1 is 0.340 bits per heavy atom. The highest BCUT2D eigenvalue weighted by molar-refractivity contribution is 5.73. The van der Waals surface area contributed by atoms with Gasteiger partial charge >= 0.3 is 6.03 Å². The molecule has 0 unspecified atom stereocenters. The van der Waals surface area contributed by atoms with Crippen LogP contribution in [0.2, 0.25) is 0 Å². The maximum absolute atomic E-state index is 10.7. The lowest BCUT2D eigenvalue weighted by Crippen LogP contribution is -2.33. The maximum Gasteiger partial charge on any atom is 0.318 e. The van der Waals surface area contributed by atoms with Crippen LogP contribution in [0.1, 0.15) is 34.6 Å². The summed E-state index contributed by atoms with van der Waals surface area (Å²) < 4.78 is 0. The van der Waals surface area contributed by atoms with E-state index in [-0.39, 0.29) is 23.8 Å². The van der Waals surface area contributed by atoms with Crippen LogP contribution in [0.25, 0.3) is 0 Å². The van der Waals surface area contributed by atoms with Crippen molar-refractivity contribution in [3.05, 3.63) is 0 Å². The van der Waals surface area contributed by atoms with E-state index in [4.69, 9.17) is 0 Å². The zero-order chi connectivity index (χ0) is 40.2. The Bertz CT molecular complexity index is 613. The Balaban J connectivity index is -0.0000000621. The second-order valence-electron chi connectivity index (χ2n) is 12.7. The Kier molecular flexibility index (Phi) is 58.5. The molecule has 0 N–H and O–H groups in total. The van der Waals surface area contributed by atoms with Crippen LogP contribution in [0.15, 0.2) is 0 Å². The molecule has 47 heavy (non-hydrogen) atoms. The smallest absolute Gasteiger partial charge is 0.318 e. The number of carbonyl (C=O) groups is 4. The van der Waals surface area contributed by atoms with Crippen molar-refractivity contribution in [2.75, 3.05) is 168 Å². The van der Waals surface area contributed by atoms with Crippen LogP contribution in [0.5, 0.6) is 0 Å². The van der Waals surface area contributed by atoms with Crippen molar-refractivity contribution in [1.29, 1.82) is 0 Å². The average molecular weight is 685 g/mol. The van der Waals surface area contributed by atoms with Gasteiger partial charge in [-0.3, -0.25) is 24.2 Å². The van der Waals surface area contributed by atoms with E-state index in [2.05, 4.69) is 89.8 Å². The number of urea groups is 1. The summed E-state index contributed by atoms with van der Waals surface area (Å²) in [6, 6.07) is 0.0185. The fourth-order valence-corrected chi connectivity index (χ4v) is 0.966. The molecular formula is C33H84N10O4. The van der Waals surface area contributed by atoms with Crippen molar-refractivity contribution in [3.63, 3.8) is 0 Å². The first-order chi connectivity index (χ1) is 20.9. The maximum atomic E-state index is 10.7. The predicted octanol–water partition coefficient (Wildman–Crippen LogP) is 1.89. The number of nitrogens with zero attached hydrogens (tertiary/aromatic N) is 10. The molecule has 0 aromatic rings. The Hall–Kier alpha value is -2.52. The van der Waals surface area contributed by atoms with Gasteiger partial charge in [-0.05, 0) is 90.6 Å². The zero-order valence-electron chi connectivity index (χ0n) is 36.2. The topological polar surface area (TPSA) is 101 Å². The third-order valence-corrected chi connectivity index (χ3v) is 4.49. The van der Waals surface area contributed by atoms with Crippen LogP contribution in [0.3, 0.4) is 0 Å². The third-order valence-electron chi connectivity index (χ3n) is 4.49. The Morgan fingerprint density at radius 2 is 0.468 bits per heavy atom. The summed E-state index contributed by atoms with van der Waals surface area (Å²) in [7, 11) is 39.7. The molecule has 0 bridgehead atoms. The molecule has 0 radical (unpaired) electrons. The van der Waals surface area contributed by atoms with Crippen molar-refractivity contribution in [1.82, 2.24) is 49.0 Å². The summed E-state index contributed by atoms with van der Waals surface area (Å²) in [5.41, 5.74) is 0. The summed E-state index contributed by atoms with van der Waals surface area (Å²) in [6.45, 7) is 12.1. The van der Waals surface area contributed by atoms with Gasteiger partial charge in [0.2, 0.25) is 17.7 Å². The van der Waals surface area contributed by atoms with E-state index in [0.29, 0.717) is 0 Å². The molecule has 5 amide bonds. The van der Waals surface area contributed by atoms with Gasteiger partial charge in [-0.25, -0.2) is 4.79 Å². The monoisotopic (exact) mass is 685 g/mol. The van der Waals surface area contributed by atoms with Crippen LogP contribution in [-0.4, -0.2) is 241 Å². The van der Waals surface area contributed by atoms with Gasteiger partial charge in [-0.1, -0.05) is 13.8 Å². The van der Waals surface area contributed by atoms with Crippen molar-refractivity contribution >= 4 is 23.8 Å². The van der Waals surface area contributed by atoms with Crippen LogP contribution in [0, 0.1) is 0 Å². The molecule has 0 heterocycles. The molecule has 0 saturated heterocycles. The van der Waals surface area contributed by atoms with Gasteiger partial charge in [0, 0.05) is 97.9 Å². The fourth-order valence-electron chi connectivity index (χ4n) is 0.966. The van der Waals surface area contributed by atoms with Gasteiger partial charge in [0.05, 0.1) is 0 Å². The average Bonchev–Trinajstić information content (AvgIpc) is 2.88. The van der Waals surface area contributed by atoms with Crippen LogP contribution >= 0.6 is 0 Å². The van der Waals surface area contributed by atoms with E-state index in [1.54, 1.807) is 70.5 Å². The molecule has 0 fully saturated rings. The number of amides is 5. The first-order valence-corrected chi connectivity index (χ1v) is 15.5. The lowest BCUT2D eigenvalue weighted by molar-refractivity contribution is -0.127. The lowest BCUT2D eigenvalue weighted by Gasteiger charge is -2.16. The minimum atomic E-state index is 0.0185. The van der Waals surface area contributed by atoms with Gasteiger partial charge < -0.3 is 39.2 Å². The molecule has 14 heteroatoms. The largest absolute Gasteiger partial charge is 0.349 e. The van der Waals surface area contributed by atoms with Gasteiger partial charge in [0.15, 0.2) is 0 Å². The van der Waals surface area contributed by atoms with E-state index in [1.807, 2.05) is 26.0 Å². The molecule has 0 aromatic carbocycles. The quantitative estimate of drug-likeness (QED) is 0.411. The summed E-state index contributed by atoms with van der Waals surface area (Å²) in [4.78, 5) is 59.0. The number of hydrogen-bond donors (Lipinski definition) is 0. The first kappa shape index (κ1) is 63.2. The highest BCUT2D eigenvalue weighted by Gasteiger charge is 2.02. The number of hydrogen-bond acceptors (Lipinski definition) is 9. The Morgan fingerprint density at radius 3 is 0.468 bits per heavy atom. The number of carbonyl (C=O) groups excluding carboxylic acids is 4. The highest BCUT2D eigenvalue weighted by atomic mass is 16.2. The molecule has 0 aliphatic rings. The van der Waals surface area contributed by atoms with E-state index >= 15 is 0 Å². The molecular weight excluding hydrogens is 600 g/mol.